The maximum Gasteiger partial charge on any atom is 0.305 e. The summed E-state index contributed by atoms with van der Waals surface area (Å²) < 4.78 is 4.63. The molecule has 0 spiro atoms. The number of carbonyl (C=O) groups is 2. The fourth-order valence-corrected chi connectivity index (χ4v) is 2.02. The summed E-state index contributed by atoms with van der Waals surface area (Å²) in [6, 6.07) is 4.10. The van der Waals surface area contributed by atoms with Gasteiger partial charge in [0.05, 0.1) is 7.11 Å². The molecule has 0 bridgehead atoms. The van der Waals surface area contributed by atoms with E-state index in [1.54, 1.807) is 6.08 Å². The topological polar surface area (TPSA) is 43.4 Å². The van der Waals surface area contributed by atoms with Gasteiger partial charge in [0.15, 0.2) is 5.78 Å². The molecule has 0 amide bonds. The SMILES string of the molecule is COC(=O)CCc1cc(C)c(/C=C/C(C)=O)c(C)c1. The molecule has 0 unspecified atom stereocenters. The average molecular weight is 260 g/mol. The van der Waals surface area contributed by atoms with Gasteiger partial charge in [0, 0.05) is 6.42 Å². The Morgan fingerprint density at radius 1 is 1.21 bits per heavy atom. The summed E-state index contributed by atoms with van der Waals surface area (Å²) in [5.41, 5.74) is 4.40. The summed E-state index contributed by atoms with van der Waals surface area (Å²) in [6.07, 6.45) is 4.48. The lowest BCUT2D eigenvalue weighted by Gasteiger charge is -2.09. The Bertz CT molecular complexity index is 490. The largest absolute Gasteiger partial charge is 0.469 e. The van der Waals surface area contributed by atoms with Crippen molar-refractivity contribution in [1.29, 1.82) is 0 Å². The summed E-state index contributed by atoms with van der Waals surface area (Å²) in [5.74, 6) is -0.163. The summed E-state index contributed by atoms with van der Waals surface area (Å²) >= 11 is 0. The minimum absolute atomic E-state index is 0.0357. The Balaban J connectivity index is 2.90. The molecule has 1 rings (SSSR count). The molecule has 102 valence electrons. The Hall–Kier alpha value is -1.90. The molecule has 3 nitrogen and oxygen atoms in total. The highest BCUT2D eigenvalue weighted by atomic mass is 16.5. The lowest BCUT2D eigenvalue weighted by Crippen LogP contribution is -2.02. The summed E-state index contributed by atoms with van der Waals surface area (Å²) in [7, 11) is 1.40. The van der Waals surface area contributed by atoms with Crippen molar-refractivity contribution in [2.75, 3.05) is 7.11 Å². The maximum absolute atomic E-state index is 11.1. The van der Waals surface area contributed by atoms with E-state index in [1.807, 2.05) is 19.9 Å². The van der Waals surface area contributed by atoms with Gasteiger partial charge in [-0.15, -0.1) is 0 Å². The van der Waals surface area contributed by atoms with E-state index in [2.05, 4.69) is 16.9 Å². The van der Waals surface area contributed by atoms with Crippen LogP contribution < -0.4 is 0 Å². The molecule has 19 heavy (non-hydrogen) atoms. The first-order valence-electron chi connectivity index (χ1n) is 6.29. The summed E-state index contributed by atoms with van der Waals surface area (Å²) in [5, 5.41) is 0. The van der Waals surface area contributed by atoms with Crippen molar-refractivity contribution in [3.63, 3.8) is 0 Å². The van der Waals surface area contributed by atoms with Crippen LogP contribution in [-0.4, -0.2) is 18.9 Å². The number of rotatable bonds is 5. The zero-order valence-electron chi connectivity index (χ0n) is 11.9. The maximum atomic E-state index is 11.1. The Kier molecular flexibility index (Phi) is 5.49. The van der Waals surface area contributed by atoms with Crippen molar-refractivity contribution in [3.05, 3.63) is 40.5 Å². The molecule has 0 aliphatic carbocycles. The molecule has 0 atom stereocenters. The van der Waals surface area contributed by atoms with Crippen LogP contribution in [0.3, 0.4) is 0 Å². The van der Waals surface area contributed by atoms with Gasteiger partial charge >= 0.3 is 5.97 Å². The summed E-state index contributed by atoms with van der Waals surface area (Å²) in [6.45, 7) is 5.55. The standard InChI is InChI=1S/C16H20O3/c1-11-9-14(6-8-16(18)19-4)10-12(2)15(11)7-5-13(3)17/h5,7,9-10H,6,8H2,1-4H3/b7-5+. The van der Waals surface area contributed by atoms with Crippen molar-refractivity contribution in [3.8, 4) is 0 Å². The van der Waals surface area contributed by atoms with Crippen LogP contribution in [0.2, 0.25) is 0 Å². The van der Waals surface area contributed by atoms with Crippen LogP contribution in [-0.2, 0) is 20.7 Å². The molecule has 3 heteroatoms. The molecular weight excluding hydrogens is 240 g/mol. The van der Waals surface area contributed by atoms with Crippen molar-refractivity contribution in [2.24, 2.45) is 0 Å². The van der Waals surface area contributed by atoms with Crippen molar-refractivity contribution in [1.82, 2.24) is 0 Å². The van der Waals surface area contributed by atoms with Gasteiger partial charge in [0.25, 0.3) is 0 Å². The molecule has 0 aliphatic rings. The second-order valence-electron chi connectivity index (χ2n) is 4.66. The second-order valence-corrected chi connectivity index (χ2v) is 4.66. The number of hydrogen-bond acceptors (Lipinski definition) is 3. The lowest BCUT2D eigenvalue weighted by molar-refractivity contribution is -0.140. The monoisotopic (exact) mass is 260 g/mol. The van der Waals surface area contributed by atoms with E-state index in [1.165, 1.54) is 14.0 Å². The zero-order chi connectivity index (χ0) is 14.4. The summed E-state index contributed by atoms with van der Waals surface area (Å²) in [4.78, 5) is 22.1. The predicted octanol–water partition coefficient (Wildman–Crippen LogP) is 3.01. The number of ketones is 1. The third-order valence-electron chi connectivity index (χ3n) is 2.98. The highest BCUT2D eigenvalue weighted by Gasteiger charge is 2.06. The number of aryl methyl sites for hydroxylation is 3. The van der Waals surface area contributed by atoms with Crippen LogP contribution >= 0.6 is 0 Å². The van der Waals surface area contributed by atoms with Gasteiger partial charge in [0.2, 0.25) is 0 Å². The number of carbonyl (C=O) groups excluding carboxylic acids is 2. The number of allylic oxidation sites excluding steroid dienone is 1. The Morgan fingerprint density at radius 2 is 1.79 bits per heavy atom. The van der Waals surface area contributed by atoms with Crippen molar-refractivity contribution < 1.29 is 14.3 Å². The third kappa shape index (κ3) is 4.70. The van der Waals surface area contributed by atoms with Gasteiger partial charge in [-0.25, -0.2) is 0 Å². The van der Waals surface area contributed by atoms with Gasteiger partial charge in [-0.1, -0.05) is 18.2 Å². The molecule has 1 aromatic carbocycles. The first-order valence-corrected chi connectivity index (χ1v) is 6.29. The molecule has 1 aromatic rings. The quantitative estimate of drug-likeness (QED) is 0.603. The third-order valence-corrected chi connectivity index (χ3v) is 2.98. The van der Waals surface area contributed by atoms with E-state index in [-0.39, 0.29) is 11.8 Å². The van der Waals surface area contributed by atoms with E-state index in [0.29, 0.717) is 12.8 Å². The smallest absolute Gasteiger partial charge is 0.305 e. The number of esters is 1. The van der Waals surface area contributed by atoms with Crippen LogP contribution in [0, 0.1) is 13.8 Å². The lowest BCUT2D eigenvalue weighted by atomic mass is 9.96. The molecule has 0 aromatic heterocycles. The number of ether oxygens (including phenoxy) is 1. The molecule has 0 saturated heterocycles. The minimum atomic E-state index is -0.198. The van der Waals surface area contributed by atoms with Crippen molar-refractivity contribution >= 4 is 17.8 Å². The number of hydrogen-bond donors (Lipinski definition) is 0. The Labute approximate surface area is 114 Å². The molecule has 0 heterocycles. The van der Waals surface area contributed by atoms with Crippen LogP contribution in [0.15, 0.2) is 18.2 Å². The first-order chi connectivity index (χ1) is 8.93. The van der Waals surface area contributed by atoms with Gasteiger partial charge in [0.1, 0.15) is 0 Å². The molecule has 0 fully saturated rings. The highest BCUT2D eigenvalue weighted by Crippen LogP contribution is 2.19. The van der Waals surface area contributed by atoms with E-state index < -0.39 is 0 Å². The Morgan fingerprint density at radius 3 is 2.26 bits per heavy atom. The second kappa shape index (κ2) is 6.88. The van der Waals surface area contributed by atoms with Gasteiger partial charge in [-0.05, 0) is 55.5 Å². The van der Waals surface area contributed by atoms with E-state index in [4.69, 9.17) is 0 Å². The van der Waals surface area contributed by atoms with E-state index in [9.17, 15) is 9.59 Å². The normalized spacial score (nSPS) is 10.7. The van der Waals surface area contributed by atoms with Crippen LogP contribution in [0.5, 0.6) is 0 Å². The highest BCUT2D eigenvalue weighted by molar-refractivity contribution is 5.91. The number of benzene rings is 1. The van der Waals surface area contributed by atoms with Crippen LogP contribution in [0.4, 0.5) is 0 Å². The fraction of sp³-hybridized carbons (Fsp3) is 0.375. The average Bonchev–Trinajstić information content (AvgIpc) is 2.34. The minimum Gasteiger partial charge on any atom is -0.469 e. The number of methoxy groups -OCH3 is 1. The fourth-order valence-electron chi connectivity index (χ4n) is 2.02. The van der Waals surface area contributed by atoms with Crippen molar-refractivity contribution in [2.45, 2.75) is 33.6 Å². The first kappa shape index (κ1) is 15.2. The van der Waals surface area contributed by atoms with Gasteiger partial charge in [-0.2, -0.15) is 0 Å². The van der Waals surface area contributed by atoms with Gasteiger partial charge in [-0.3, -0.25) is 9.59 Å². The molecule has 0 saturated carbocycles. The van der Waals surface area contributed by atoms with Crippen LogP contribution in [0.1, 0.15) is 35.6 Å². The zero-order valence-corrected chi connectivity index (χ0v) is 11.9. The molecule has 0 aliphatic heterocycles. The molecule has 0 radical (unpaired) electrons. The molecular formula is C16H20O3. The van der Waals surface area contributed by atoms with Gasteiger partial charge < -0.3 is 4.74 Å². The van der Waals surface area contributed by atoms with E-state index in [0.717, 1.165) is 22.3 Å². The van der Waals surface area contributed by atoms with Crippen LogP contribution in [0.25, 0.3) is 6.08 Å². The van der Waals surface area contributed by atoms with E-state index >= 15 is 0 Å². The predicted molar refractivity (Wildman–Crippen MR) is 76.0 cm³/mol. The molecule has 0 N–H and O–H groups in total.